The Kier molecular flexibility index (Phi) is 3.79. The molecular weight excluding hydrogens is 276 g/mol. The number of hydrogen-bond acceptors (Lipinski definition) is 4. The third-order valence-electron chi connectivity index (χ3n) is 4.05. The number of piperazine rings is 1. The highest BCUT2D eigenvalue weighted by atomic mass is 16.2. The predicted molar refractivity (Wildman–Crippen MR) is 85.8 cm³/mol. The first-order valence-electron chi connectivity index (χ1n) is 7.46. The summed E-state index contributed by atoms with van der Waals surface area (Å²) in [6, 6.07) is 10.3. The van der Waals surface area contributed by atoms with Crippen molar-refractivity contribution in [1.82, 2.24) is 14.9 Å². The predicted octanol–water partition coefficient (Wildman–Crippen LogP) is 2.22. The molecule has 22 heavy (non-hydrogen) atoms. The second-order valence-corrected chi connectivity index (χ2v) is 6.12. The van der Waals surface area contributed by atoms with Gasteiger partial charge in [-0.1, -0.05) is 18.2 Å². The van der Waals surface area contributed by atoms with E-state index in [1.54, 1.807) is 12.4 Å². The minimum absolute atomic E-state index is 0.0502. The van der Waals surface area contributed by atoms with E-state index in [0.717, 1.165) is 13.1 Å². The molecule has 114 valence electrons. The molecule has 5 heteroatoms. The summed E-state index contributed by atoms with van der Waals surface area (Å²) in [5.41, 5.74) is 1.34. The van der Waals surface area contributed by atoms with E-state index in [-0.39, 0.29) is 11.4 Å². The van der Waals surface area contributed by atoms with Crippen molar-refractivity contribution < 1.29 is 4.79 Å². The van der Waals surface area contributed by atoms with Crippen molar-refractivity contribution in [1.29, 1.82) is 0 Å². The Morgan fingerprint density at radius 3 is 2.55 bits per heavy atom. The van der Waals surface area contributed by atoms with Crippen molar-refractivity contribution in [2.24, 2.45) is 0 Å². The van der Waals surface area contributed by atoms with Crippen LogP contribution >= 0.6 is 0 Å². The van der Waals surface area contributed by atoms with Crippen LogP contribution < -0.4 is 4.90 Å². The van der Waals surface area contributed by atoms with E-state index in [2.05, 4.69) is 40.8 Å². The summed E-state index contributed by atoms with van der Waals surface area (Å²) in [4.78, 5) is 25.0. The summed E-state index contributed by atoms with van der Waals surface area (Å²) in [7, 11) is 0. The highest BCUT2D eigenvalue weighted by Gasteiger charge is 2.37. The molecule has 1 aromatic carbocycles. The third kappa shape index (κ3) is 2.79. The Bertz CT molecular complexity index is 642. The number of aromatic nitrogens is 2. The lowest BCUT2D eigenvalue weighted by Crippen LogP contribution is -2.61. The maximum Gasteiger partial charge on any atom is 0.274 e. The number of nitrogens with zero attached hydrogens (tertiary/aromatic N) is 4. The quantitative estimate of drug-likeness (QED) is 0.852. The second-order valence-electron chi connectivity index (χ2n) is 6.12. The highest BCUT2D eigenvalue weighted by molar-refractivity contribution is 5.92. The molecule has 1 amide bonds. The fraction of sp³-hybridized carbons (Fsp3) is 0.353. The number of carbonyl (C=O) groups excluding carboxylic acids is 1. The molecule has 1 aromatic heterocycles. The fourth-order valence-electron chi connectivity index (χ4n) is 2.94. The summed E-state index contributed by atoms with van der Waals surface area (Å²) in [6.45, 7) is 6.48. The normalized spacial score (nSPS) is 17.4. The molecule has 3 rings (SSSR count). The summed E-state index contributed by atoms with van der Waals surface area (Å²) in [5, 5.41) is 0. The van der Waals surface area contributed by atoms with Crippen molar-refractivity contribution in [2.45, 2.75) is 19.4 Å². The summed E-state index contributed by atoms with van der Waals surface area (Å²) < 4.78 is 0. The Morgan fingerprint density at radius 2 is 1.91 bits per heavy atom. The Hall–Kier alpha value is -2.43. The second kappa shape index (κ2) is 5.75. The summed E-state index contributed by atoms with van der Waals surface area (Å²) >= 11 is 0. The minimum atomic E-state index is -0.261. The van der Waals surface area contributed by atoms with E-state index in [4.69, 9.17) is 0 Å². The maximum atomic E-state index is 12.7. The molecule has 0 radical (unpaired) electrons. The minimum Gasteiger partial charge on any atom is -0.367 e. The molecule has 1 aliphatic heterocycles. The van der Waals surface area contributed by atoms with Crippen LogP contribution in [0, 0.1) is 0 Å². The first kappa shape index (κ1) is 14.5. The van der Waals surface area contributed by atoms with Gasteiger partial charge in [0.15, 0.2) is 0 Å². The molecule has 0 atom stereocenters. The topological polar surface area (TPSA) is 49.3 Å². The van der Waals surface area contributed by atoms with E-state index >= 15 is 0 Å². The lowest BCUT2D eigenvalue weighted by molar-refractivity contribution is 0.0508. The van der Waals surface area contributed by atoms with E-state index in [0.29, 0.717) is 12.2 Å². The molecule has 0 bridgehead atoms. The van der Waals surface area contributed by atoms with Gasteiger partial charge in [-0.15, -0.1) is 0 Å². The van der Waals surface area contributed by atoms with Crippen molar-refractivity contribution in [3.05, 3.63) is 54.6 Å². The number of hydrogen-bond donors (Lipinski definition) is 0. The number of anilines is 1. The Labute approximate surface area is 130 Å². The molecule has 5 nitrogen and oxygen atoms in total. The van der Waals surface area contributed by atoms with Crippen LogP contribution in [0.25, 0.3) is 0 Å². The highest BCUT2D eigenvalue weighted by Crippen LogP contribution is 2.26. The summed E-state index contributed by atoms with van der Waals surface area (Å²) in [6.07, 6.45) is 4.66. The number of para-hydroxylation sites is 1. The van der Waals surface area contributed by atoms with Gasteiger partial charge in [0, 0.05) is 37.7 Å². The van der Waals surface area contributed by atoms with Gasteiger partial charge in [0.2, 0.25) is 0 Å². The number of carbonyl (C=O) groups is 1. The maximum absolute atomic E-state index is 12.7. The van der Waals surface area contributed by atoms with Crippen LogP contribution in [-0.4, -0.2) is 45.9 Å². The smallest absolute Gasteiger partial charge is 0.274 e. The van der Waals surface area contributed by atoms with Gasteiger partial charge in [-0.2, -0.15) is 0 Å². The van der Waals surface area contributed by atoms with Crippen LogP contribution in [0.5, 0.6) is 0 Å². The molecule has 0 saturated carbocycles. The van der Waals surface area contributed by atoms with Crippen molar-refractivity contribution in [2.75, 3.05) is 24.5 Å². The number of amides is 1. The van der Waals surface area contributed by atoms with Gasteiger partial charge in [0.05, 0.1) is 11.7 Å². The third-order valence-corrected chi connectivity index (χ3v) is 4.05. The van der Waals surface area contributed by atoms with Crippen LogP contribution in [0.1, 0.15) is 24.3 Å². The molecule has 0 N–H and O–H groups in total. The molecule has 1 aliphatic rings. The molecule has 0 spiro atoms. The van der Waals surface area contributed by atoms with E-state index in [1.807, 2.05) is 23.1 Å². The fourth-order valence-corrected chi connectivity index (χ4v) is 2.94. The Morgan fingerprint density at radius 1 is 1.14 bits per heavy atom. The van der Waals surface area contributed by atoms with E-state index in [1.165, 1.54) is 11.9 Å². The number of benzene rings is 1. The van der Waals surface area contributed by atoms with Crippen LogP contribution in [0.4, 0.5) is 5.69 Å². The lowest BCUT2D eigenvalue weighted by Gasteiger charge is -2.47. The number of rotatable bonds is 2. The molecular formula is C17H20N4O. The SMILES string of the molecule is CC1(C)CN(c2ccccc2)CCN1C(=O)c1cnccn1. The van der Waals surface area contributed by atoms with Gasteiger partial charge < -0.3 is 9.80 Å². The molecule has 2 aromatic rings. The van der Waals surface area contributed by atoms with Crippen molar-refractivity contribution >= 4 is 11.6 Å². The van der Waals surface area contributed by atoms with Gasteiger partial charge >= 0.3 is 0 Å². The van der Waals surface area contributed by atoms with Crippen LogP contribution in [-0.2, 0) is 0 Å². The van der Waals surface area contributed by atoms with E-state index in [9.17, 15) is 4.79 Å². The molecule has 0 unspecified atom stereocenters. The van der Waals surface area contributed by atoms with Gasteiger partial charge in [0.1, 0.15) is 5.69 Å². The first-order valence-corrected chi connectivity index (χ1v) is 7.46. The van der Waals surface area contributed by atoms with Crippen molar-refractivity contribution in [3.8, 4) is 0 Å². The largest absolute Gasteiger partial charge is 0.367 e. The average Bonchev–Trinajstić information content (AvgIpc) is 2.55. The van der Waals surface area contributed by atoms with Crippen molar-refractivity contribution in [3.63, 3.8) is 0 Å². The monoisotopic (exact) mass is 296 g/mol. The van der Waals surface area contributed by atoms with Crippen LogP contribution in [0.15, 0.2) is 48.9 Å². The van der Waals surface area contributed by atoms with Gasteiger partial charge in [-0.05, 0) is 26.0 Å². The zero-order valence-electron chi connectivity index (χ0n) is 12.9. The average molecular weight is 296 g/mol. The molecule has 2 heterocycles. The Balaban J connectivity index is 1.78. The molecule has 1 saturated heterocycles. The van der Waals surface area contributed by atoms with Crippen LogP contribution in [0.3, 0.4) is 0 Å². The first-order chi connectivity index (χ1) is 10.6. The van der Waals surface area contributed by atoms with Gasteiger partial charge in [-0.25, -0.2) is 4.98 Å². The van der Waals surface area contributed by atoms with Gasteiger partial charge in [-0.3, -0.25) is 9.78 Å². The van der Waals surface area contributed by atoms with E-state index < -0.39 is 0 Å². The van der Waals surface area contributed by atoms with Gasteiger partial charge in [0.25, 0.3) is 5.91 Å². The summed E-state index contributed by atoms with van der Waals surface area (Å²) in [5.74, 6) is -0.0502. The molecule has 0 aliphatic carbocycles. The standard InChI is InChI=1S/C17H20N4O/c1-17(2)13-20(14-6-4-3-5-7-14)10-11-21(17)16(22)15-12-18-8-9-19-15/h3-9,12H,10-11,13H2,1-2H3. The zero-order chi connectivity index (χ0) is 15.6. The lowest BCUT2D eigenvalue weighted by atomic mass is 9.97. The molecule has 1 fully saturated rings. The van der Waals surface area contributed by atoms with Crippen LogP contribution in [0.2, 0.25) is 0 Å². The zero-order valence-corrected chi connectivity index (χ0v) is 12.9.